The molecule has 1 atom stereocenters. The van der Waals surface area contributed by atoms with Crippen LogP contribution in [-0.2, 0) is 28.6 Å². The van der Waals surface area contributed by atoms with E-state index in [2.05, 4.69) is 142 Å². The Morgan fingerprint density at radius 1 is 0.313 bits per heavy atom. The van der Waals surface area contributed by atoms with Crippen LogP contribution in [0.3, 0.4) is 0 Å². The minimum Gasteiger partial charge on any atom is -0.462 e. The minimum absolute atomic E-state index is 0.125. The largest absolute Gasteiger partial charge is 0.462 e. The van der Waals surface area contributed by atoms with Gasteiger partial charge in [0, 0.05) is 19.3 Å². The lowest BCUT2D eigenvalue weighted by Crippen LogP contribution is -2.30. The van der Waals surface area contributed by atoms with Crippen LogP contribution in [-0.4, -0.2) is 37.2 Å². The van der Waals surface area contributed by atoms with Crippen molar-refractivity contribution in [2.45, 2.75) is 232 Å². The first-order valence-corrected chi connectivity index (χ1v) is 27.0. The summed E-state index contributed by atoms with van der Waals surface area (Å²) in [7, 11) is 0. The van der Waals surface area contributed by atoms with Crippen molar-refractivity contribution >= 4 is 17.9 Å². The van der Waals surface area contributed by atoms with Crippen molar-refractivity contribution in [3.05, 3.63) is 122 Å². The van der Waals surface area contributed by atoms with Gasteiger partial charge in [0.05, 0.1) is 0 Å². The summed E-state index contributed by atoms with van der Waals surface area (Å²) in [6, 6.07) is 0. The maximum atomic E-state index is 12.8. The fourth-order valence-electron chi connectivity index (χ4n) is 6.88. The summed E-state index contributed by atoms with van der Waals surface area (Å²) in [6.07, 6.45) is 74.8. The summed E-state index contributed by atoms with van der Waals surface area (Å²) in [4.78, 5) is 38.0. The molecular formula is C61H98O6. The first-order valence-electron chi connectivity index (χ1n) is 27.0. The second-order valence-corrected chi connectivity index (χ2v) is 17.4. The Kier molecular flexibility index (Phi) is 51.0. The fourth-order valence-corrected chi connectivity index (χ4v) is 6.88. The highest BCUT2D eigenvalue weighted by Gasteiger charge is 2.19. The third kappa shape index (κ3) is 52.6. The molecule has 0 aliphatic rings. The Bertz CT molecular complexity index is 1440. The Balaban J connectivity index is 4.60. The number of carbonyl (C=O) groups excluding carboxylic acids is 3. The molecule has 0 aromatic rings. The van der Waals surface area contributed by atoms with E-state index >= 15 is 0 Å². The zero-order valence-corrected chi connectivity index (χ0v) is 43.1. The maximum Gasteiger partial charge on any atom is 0.306 e. The average molecular weight is 927 g/mol. The molecule has 0 aliphatic heterocycles. The van der Waals surface area contributed by atoms with Gasteiger partial charge in [-0.05, 0) is 122 Å². The Morgan fingerprint density at radius 3 is 1.01 bits per heavy atom. The molecule has 0 heterocycles. The molecule has 0 amide bonds. The summed E-state index contributed by atoms with van der Waals surface area (Å²) >= 11 is 0. The number of ether oxygens (including phenoxy) is 3. The number of hydrogen-bond donors (Lipinski definition) is 0. The van der Waals surface area contributed by atoms with Gasteiger partial charge in [-0.2, -0.15) is 0 Å². The number of carbonyl (C=O) groups is 3. The van der Waals surface area contributed by atoms with Gasteiger partial charge in [-0.1, -0.05) is 206 Å². The molecule has 0 fully saturated rings. The highest BCUT2D eigenvalue weighted by atomic mass is 16.6. The molecule has 0 spiro atoms. The first kappa shape index (κ1) is 62.8. The molecule has 0 saturated heterocycles. The van der Waals surface area contributed by atoms with Crippen LogP contribution >= 0.6 is 0 Å². The van der Waals surface area contributed by atoms with Gasteiger partial charge >= 0.3 is 17.9 Å². The van der Waals surface area contributed by atoms with Gasteiger partial charge in [-0.15, -0.1) is 0 Å². The number of rotatable bonds is 47. The van der Waals surface area contributed by atoms with Gasteiger partial charge in [-0.3, -0.25) is 14.4 Å². The quantitative estimate of drug-likeness (QED) is 0.0262. The van der Waals surface area contributed by atoms with Crippen molar-refractivity contribution in [3.8, 4) is 0 Å². The fraction of sp³-hybridized carbons (Fsp3) is 0.623. The average Bonchev–Trinajstić information content (AvgIpc) is 3.33. The summed E-state index contributed by atoms with van der Waals surface area (Å²) in [6.45, 7) is 6.38. The van der Waals surface area contributed by atoms with Crippen LogP contribution in [0.2, 0.25) is 0 Å². The summed E-state index contributed by atoms with van der Waals surface area (Å²) in [5.74, 6) is -1.06. The van der Waals surface area contributed by atoms with Crippen molar-refractivity contribution in [1.82, 2.24) is 0 Å². The van der Waals surface area contributed by atoms with E-state index in [0.29, 0.717) is 19.3 Å². The van der Waals surface area contributed by atoms with E-state index in [1.165, 1.54) is 77.0 Å². The topological polar surface area (TPSA) is 78.9 Å². The summed E-state index contributed by atoms with van der Waals surface area (Å²) in [5, 5.41) is 0. The highest BCUT2D eigenvalue weighted by Crippen LogP contribution is 2.12. The summed E-state index contributed by atoms with van der Waals surface area (Å²) in [5.41, 5.74) is 0. The monoisotopic (exact) mass is 927 g/mol. The maximum absolute atomic E-state index is 12.8. The normalized spacial score (nSPS) is 13.1. The van der Waals surface area contributed by atoms with Crippen molar-refractivity contribution < 1.29 is 28.6 Å². The van der Waals surface area contributed by atoms with E-state index in [-0.39, 0.29) is 44.0 Å². The Hall–Kier alpha value is -4.19. The third-order valence-electron chi connectivity index (χ3n) is 10.9. The Labute approximate surface area is 412 Å². The van der Waals surface area contributed by atoms with E-state index < -0.39 is 6.10 Å². The van der Waals surface area contributed by atoms with E-state index in [1.807, 2.05) is 0 Å². The zero-order chi connectivity index (χ0) is 48.6. The van der Waals surface area contributed by atoms with Gasteiger partial charge in [0.25, 0.3) is 0 Å². The van der Waals surface area contributed by atoms with Crippen molar-refractivity contribution in [3.63, 3.8) is 0 Å². The van der Waals surface area contributed by atoms with E-state index in [0.717, 1.165) is 96.3 Å². The summed E-state index contributed by atoms with van der Waals surface area (Å²) < 4.78 is 16.7. The zero-order valence-electron chi connectivity index (χ0n) is 43.1. The molecule has 0 saturated carbocycles. The van der Waals surface area contributed by atoms with E-state index in [4.69, 9.17) is 14.2 Å². The third-order valence-corrected chi connectivity index (χ3v) is 10.9. The number of allylic oxidation sites excluding steroid dienone is 20. The van der Waals surface area contributed by atoms with Crippen LogP contribution < -0.4 is 0 Å². The standard InChI is InChI=1S/C61H98O6/c1-4-7-10-13-16-19-22-25-28-30-33-36-39-42-45-48-51-54-60(63)66-57-58(56-65-59(62)53-50-47-44-41-38-35-32-27-24-21-18-15-12-9-6-3)67-61(64)55-52-49-46-43-40-37-34-31-29-26-23-20-17-14-11-8-5-2/h8,11,16-17,19-20,25-29,32-34,36-37,42-43,45-46,58H,4-7,9-10,12-15,18,21-24,30-31,35,38-41,44,47-57H2,1-3H3/b11-8-,19-16-,20-17-,28-25-,29-26-,32-27-,36-33-,37-34-,45-42-,46-43-/t58-/m0/s1. The van der Waals surface area contributed by atoms with E-state index in [9.17, 15) is 14.4 Å². The van der Waals surface area contributed by atoms with Crippen LogP contribution in [0.25, 0.3) is 0 Å². The van der Waals surface area contributed by atoms with Crippen LogP contribution in [0.5, 0.6) is 0 Å². The molecule has 0 aliphatic carbocycles. The lowest BCUT2D eigenvalue weighted by atomic mass is 10.1. The van der Waals surface area contributed by atoms with Crippen LogP contribution in [0.4, 0.5) is 0 Å². The van der Waals surface area contributed by atoms with Crippen LogP contribution in [0.15, 0.2) is 122 Å². The molecule has 6 nitrogen and oxygen atoms in total. The molecule has 378 valence electrons. The molecule has 0 rings (SSSR count). The lowest BCUT2D eigenvalue weighted by molar-refractivity contribution is -0.167. The minimum atomic E-state index is -0.836. The van der Waals surface area contributed by atoms with Gasteiger partial charge in [0.2, 0.25) is 0 Å². The smallest absolute Gasteiger partial charge is 0.306 e. The molecule has 67 heavy (non-hydrogen) atoms. The van der Waals surface area contributed by atoms with Gasteiger partial charge in [-0.25, -0.2) is 0 Å². The molecule has 6 heteroatoms. The van der Waals surface area contributed by atoms with Gasteiger partial charge in [0.1, 0.15) is 13.2 Å². The highest BCUT2D eigenvalue weighted by molar-refractivity contribution is 5.71. The predicted octanol–water partition coefficient (Wildman–Crippen LogP) is 18.1. The first-order chi connectivity index (χ1) is 33.0. The Morgan fingerprint density at radius 2 is 0.597 bits per heavy atom. The van der Waals surface area contributed by atoms with E-state index in [1.54, 1.807) is 0 Å². The van der Waals surface area contributed by atoms with Gasteiger partial charge < -0.3 is 14.2 Å². The number of hydrogen-bond acceptors (Lipinski definition) is 6. The molecule has 0 radical (unpaired) electrons. The molecular weight excluding hydrogens is 829 g/mol. The molecule has 0 aromatic carbocycles. The second-order valence-electron chi connectivity index (χ2n) is 17.4. The second kappa shape index (κ2) is 54.4. The number of unbranched alkanes of at least 4 members (excludes halogenated alkanes) is 16. The van der Waals surface area contributed by atoms with Crippen molar-refractivity contribution in [2.24, 2.45) is 0 Å². The SMILES string of the molecule is CC/C=C\C/C=C\C/C=C\C/C=C\C/C=C\CCCC(=O)O[C@H](COC(=O)CCC/C=C\C/C=C\C/C=C\C/C=C\CCCCC)COC(=O)CCCCCCC/C=C\CCCCCCCC. The predicted molar refractivity (Wildman–Crippen MR) is 288 cm³/mol. The van der Waals surface area contributed by atoms with Crippen molar-refractivity contribution in [1.29, 1.82) is 0 Å². The van der Waals surface area contributed by atoms with Gasteiger partial charge in [0.15, 0.2) is 6.10 Å². The molecule has 0 bridgehead atoms. The van der Waals surface area contributed by atoms with Crippen LogP contribution in [0.1, 0.15) is 226 Å². The lowest BCUT2D eigenvalue weighted by Gasteiger charge is -2.18. The molecule has 0 aromatic heterocycles. The molecule has 0 N–H and O–H groups in total. The number of esters is 3. The molecule has 0 unspecified atom stereocenters. The van der Waals surface area contributed by atoms with Crippen molar-refractivity contribution in [2.75, 3.05) is 13.2 Å². The van der Waals surface area contributed by atoms with Crippen LogP contribution in [0, 0.1) is 0 Å².